The number of amides is 1. The summed E-state index contributed by atoms with van der Waals surface area (Å²) in [7, 11) is 0. The maximum Gasteiger partial charge on any atom is 0.330 e. The molecular formula is C16H23NO4S. The van der Waals surface area contributed by atoms with Crippen molar-refractivity contribution >= 4 is 23.2 Å². The molecule has 0 bridgehead atoms. The first-order chi connectivity index (χ1) is 10.3. The number of hydrogen-bond acceptors (Lipinski definition) is 4. The van der Waals surface area contributed by atoms with Crippen molar-refractivity contribution < 1.29 is 19.4 Å². The van der Waals surface area contributed by atoms with E-state index in [4.69, 9.17) is 4.74 Å². The maximum absolute atomic E-state index is 12.5. The molecule has 1 amide bonds. The summed E-state index contributed by atoms with van der Waals surface area (Å²) in [5.41, 5.74) is -1.92. The number of aliphatic carboxylic acids is 1. The Morgan fingerprint density at radius 1 is 1.55 bits per heavy atom. The summed E-state index contributed by atoms with van der Waals surface area (Å²) in [6.45, 7) is 7.88. The van der Waals surface area contributed by atoms with Crippen molar-refractivity contribution in [2.45, 2.75) is 51.7 Å². The fourth-order valence-electron chi connectivity index (χ4n) is 3.02. The molecule has 0 spiro atoms. The lowest BCUT2D eigenvalue weighted by Gasteiger charge is -2.58. The van der Waals surface area contributed by atoms with Crippen LogP contribution in [0.2, 0.25) is 0 Å². The predicted molar refractivity (Wildman–Crippen MR) is 85.1 cm³/mol. The van der Waals surface area contributed by atoms with E-state index in [-0.39, 0.29) is 17.9 Å². The molecular weight excluding hydrogens is 302 g/mol. The second-order valence-electron chi connectivity index (χ2n) is 6.31. The van der Waals surface area contributed by atoms with Gasteiger partial charge in [-0.15, -0.1) is 11.3 Å². The minimum absolute atomic E-state index is 0.161. The van der Waals surface area contributed by atoms with Crippen LogP contribution >= 0.6 is 11.3 Å². The summed E-state index contributed by atoms with van der Waals surface area (Å²) in [5.74, 6) is -1.62. The van der Waals surface area contributed by atoms with Gasteiger partial charge in [0.25, 0.3) is 0 Å². The Morgan fingerprint density at radius 2 is 2.23 bits per heavy atom. The third-order valence-electron chi connectivity index (χ3n) is 4.83. The quantitative estimate of drug-likeness (QED) is 0.843. The minimum Gasteiger partial charge on any atom is -0.479 e. The fourth-order valence-corrected chi connectivity index (χ4v) is 3.80. The van der Waals surface area contributed by atoms with Crippen LogP contribution in [0.25, 0.3) is 0 Å². The van der Waals surface area contributed by atoms with Crippen molar-refractivity contribution in [3.63, 3.8) is 0 Å². The first kappa shape index (κ1) is 17.0. The predicted octanol–water partition coefficient (Wildman–Crippen LogP) is 2.63. The molecule has 122 valence electrons. The van der Waals surface area contributed by atoms with Gasteiger partial charge >= 0.3 is 5.97 Å². The van der Waals surface area contributed by atoms with Crippen molar-refractivity contribution in [2.75, 3.05) is 6.61 Å². The molecule has 22 heavy (non-hydrogen) atoms. The summed E-state index contributed by atoms with van der Waals surface area (Å²) in [6, 6.07) is 3.77. The molecule has 1 saturated carbocycles. The van der Waals surface area contributed by atoms with Gasteiger partial charge in [0.2, 0.25) is 5.91 Å². The first-order valence-corrected chi connectivity index (χ1v) is 8.34. The van der Waals surface area contributed by atoms with Crippen molar-refractivity contribution in [1.82, 2.24) is 5.32 Å². The smallest absolute Gasteiger partial charge is 0.330 e. The Morgan fingerprint density at radius 3 is 2.68 bits per heavy atom. The summed E-state index contributed by atoms with van der Waals surface area (Å²) in [4.78, 5) is 25.3. The summed E-state index contributed by atoms with van der Waals surface area (Å²) in [6.07, 6.45) is 0.137. The number of carbonyl (C=O) groups is 2. The SMILES string of the molecule is CCOC1CC(NC(=O)C(C)c2cccs2)(C(=O)O)C1(C)C. The van der Waals surface area contributed by atoms with Crippen molar-refractivity contribution in [3.05, 3.63) is 22.4 Å². The molecule has 0 aliphatic heterocycles. The van der Waals surface area contributed by atoms with Gasteiger partial charge in [-0.2, -0.15) is 0 Å². The van der Waals surface area contributed by atoms with E-state index >= 15 is 0 Å². The summed E-state index contributed by atoms with van der Waals surface area (Å²) < 4.78 is 5.60. The largest absolute Gasteiger partial charge is 0.479 e. The van der Waals surface area contributed by atoms with E-state index in [1.165, 1.54) is 11.3 Å². The van der Waals surface area contributed by atoms with E-state index in [2.05, 4.69) is 5.32 Å². The van der Waals surface area contributed by atoms with E-state index in [0.717, 1.165) is 4.88 Å². The standard InChI is InChI=1S/C16H23NO4S/c1-5-21-12-9-16(14(19)20,15(12,3)4)17-13(18)10(2)11-7-6-8-22-11/h6-8,10,12H,5,9H2,1-4H3,(H,17,18)(H,19,20). The highest BCUT2D eigenvalue weighted by Gasteiger charge is 2.66. The number of carbonyl (C=O) groups excluding carboxylic acids is 1. The molecule has 1 aliphatic rings. The van der Waals surface area contributed by atoms with Crippen LogP contribution in [0.15, 0.2) is 17.5 Å². The third kappa shape index (κ3) is 2.54. The monoisotopic (exact) mass is 325 g/mol. The van der Waals surface area contributed by atoms with E-state index in [9.17, 15) is 14.7 Å². The van der Waals surface area contributed by atoms with Crippen molar-refractivity contribution in [1.29, 1.82) is 0 Å². The summed E-state index contributed by atoms with van der Waals surface area (Å²) >= 11 is 1.49. The Bertz CT molecular complexity index is 555. The highest BCUT2D eigenvalue weighted by molar-refractivity contribution is 7.10. The highest BCUT2D eigenvalue weighted by atomic mass is 32.1. The Kier molecular flexibility index (Phi) is 4.63. The zero-order chi connectivity index (χ0) is 16.5. The van der Waals surface area contributed by atoms with Crippen LogP contribution in [0.1, 0.15) is 44.9 Å². The van der Waals surface area contributed by atoms with E-state index < -0.39 is 16.9 Å². The molecule has 1 aromatic heterocycles. The van der Waals surface area contributed by atoms with Crippen molar-refractivity contribution in [2.24, 2.45) is 5.41 Å². The van der Waals surface area contributed by atoms with Gasteiger partial charge in [-0.1, -0.05) is 19.9 Å². The summed E-state index contributed by atoms with van der Waals surface area (Å²) in [5, 5.41) is 14.4. The third-order valence-corrected chi connectivity index (χ3v) is 5.88. The second kappa shape index (κ2) is 6.01. The zero-order valence-electron chi connectivity index (χ0n) is 13.4. The molecule has 1 heterocycles. The molecule has 0 aromatic carbocycles. The highest BCUT2D eigenvalue weighted by Crippen LogP contribution is 2.51. The van der Waals surface area contributed by atoms with Gasteiger partial charge in [-0.25, -0.2) is 4.79 Å². The number of ether oxygens (including phenoxy) is 1. The molecule has 3 atom stereocenters. The van der Waals surface area contributed by atoms with E-state index in [0.29, 0.717) is 13.0 Å². The molecule has 3 unspecified atom stereocenters. The number of thiophene rings is 1. The zero-order valence-corrected chi connectivity index (χ0v) is 14.2. The lowest BCUT2D eigenvalue weighted by Crippen LogP contribution is -2.76. The molecule has 2 rings (SSSR count). The molecule has 2 N–H and O–H groups in total. The van der Waals surface area contributed by atoms with Gasteiger partial charge in [0.1, 0.15) is 5.54 Å². The molecule has 1 aliphatic carbocycles. The van der Waals surface area contributed by atoms with Crippen molar-refractivity contribution in [3.8, 4) is 0 Å². The van der Waals surface area contributed by atoms with Gasteiger partial charge in [0.05, 0.1) is 12.0 Å². The molecule has 0 saturated heterocycles. The lowest BCUT2D eigenvalue weighted by atomic mass is 9.54. The fraction of sp³-hybridized carbons (Fsp3) is 0.625. The maximum atomic E-state index is 12.5. The lowest BCUT2D eigenvalue weighted by molar-refractivity contribution is -0.194. The van der Waals surface area contributed by atoms with Gasteiger partial charge in [0.15, 0.2) is 0 Å². The van der Waals surface area contributed by atoms with Gasteiger partial charge in [-0.05, 0) is 25.3 Å². The van der Waals surface area contributed by atoms with E-state index in [1.807, 2.05) is 38.3 Å². The average molecular weight is 325 g/mol. The second-order valence-corrected chi connectivity index (χ2v) is 7.29. The molecule has 5 nitrogen and oxygen atoms in total. The van der Waals surface area contributed by atoms with Crippen LogP contribution in [0.5, 0.6) is 0 Å². The number of rotatable bonds is 6. The van der Waals surface area contributed by atoms with Crippen LogP contribution in [0.3, 0.4) is 0 Å². The van der Waals surface area contributed by atoms with Crippen LogP contribution in [0.4, 0.5) is 0 Å². The molecule has 1 fully saturated rings. The number of hydrogen-bond donors (Lipinski definition) is 2. The molecule has 0 radical (unpaired) electrons. The number of carboxylic acids is 1. The van der Waals surface area contributed by atoms with Crippen LogP contribution in [-0.2, 0) is 14.3 Å². The Hall–Kier alpha value is -1.40. The Balaban J connectivity index is 2.17. The van der Waals surface area contributed by atoms with Gasteiger partial charge < -0.3 is 15.2 Å². The van der Waals surface area contributed by atoms with Crippen LogP contribution < -0.4 is 5.32 Å². The van der Waals surface area contributed by atoms with Gasteiger partial charge in [0, 0.05) is 23.3 Å². The van der Waals surface area contributed by atoms with E-state index in [1.54, 1.807) is 6.92 Å². The minimum atomic E-state index is -1.27. The number of nitrogens with one attached hydrogen (secondary N) is 1. The topological polar surface area (TPSA) is 75.6 Å². The van der Waals surface area contributed by atoms with Crippen LogP contribution in [0, 0.1) is 5.41 Å². The Labute approximate surface area is 134 Å². The van der Waals surface area contributed by atoms with Crippen LogP contribution in [-0.4, -0.2) is 35.2 Å². The average Bonchev–Trinajstić information content (AvgIpc) is 2.98. The molecule has 6 heteroatoms. The van der Waals surface area contributed by atoms with Gasteiger partial charge in [-0.3, -0.25) is 4.79 Å². The normalized spacial score (nSPS) is 27.7. The first-order valence-electron chi connectivity index (χ1n) is 7.46. The molecule has 1 aromatic rings. The number of carboxylic acid groups (broad SMARTS) is 1.